The van der Waals surface area contributed by atoms with Crippen LogP contribution in [0.15, 0.2) is 224 Å². The zero-order chi connectivity index (χ0) is 36.6. The topological polar surface area (TPSA) is 3.24 Å². The fourth-order valence-electron chi connectivity index (χ4n) is 8.14. The van der Waals surface area contributed by atoms with E-state index < -0.39 is 0 Å². The average Bonchev–Trinajstić information content (AvgIpc) is 3.28. The first-order chi connectivity index (χ1) is 27.3. The third kappa shape index (κ3) is 6.02. The third-order valence-electron chi connectivity index (χ3n) is 10.9. The van der Waals surface area contributed by atoms with Crippen LogP contribution in [-0.2, 0) is 0 Å². The van der Waals surface area contributed by atoms with Crippen molar-refractivity contribution in [2.75, 3.05) is 4.90 Å². The molecule has 258 valence electrons. The first-order valence-electron chi connectivity index (χ1n) is 18.9. The summed E-state index contributed by atoms with van der Waals surface area (Å²) >= 11 is 0. The maximum Gasteiger partial charge on any atom is 0.0540 e. The molecular formula is C54H37N. The highest BCUT2D eigenvalue weighted by Crippen LogP contribution is 2.45. The first kappa shape index (κ1) is 32.4. The van der Waals surface area contributed by atoms with Crippen LogP contribution in [0.2, 0.25) is 0 Å². The van der Waals surface area contributed by atoms with Gasteiger partial charge in [-0.3, -0.25) is 0 Å². The molecule has 0 fully saturated rings. The van der Waals surface area contributed by atoms with Crippen molar-refractivity contribution in [3.05, 3.63) is 224 Å². The van der Waals surface area contributed by atoms with E-state index in [0.29, 0.717) is 0 Å². The van der Waals surface area contributed by atoms with E-state index in [2.05, 4.69) is 229 Å². The van der Waals surface area contributed by atoms with Gasteiger partial charge >= 0.3 is 0 Å². The summed E-state index contributed by atoms with van der Waals surface area (Å²) < 4.78 is 0. The molecule has 0 aliphatic rings. The second kappa shape index (κ2) is 14.0. The van der Waals surface area contributed by atoms with E-state index in [4.69, 9.17) is 0 Å². The monoisotopic (exact) mass is 699 g/mol. The minimum Gasteiger partial charge on any atom is -0.310 e. The van der Waals surface area contributed by atoms with E-state index in [9.17, 15) is 0 Å². The minimum atomic E-state index is 1.10. The van der Waals surface area contributed by atoms with Crippen LogP contribution in [0.5, 0.6) is 0 Å². The number of nitrogens with zero attached hydrogens (tertiary/aromatic N) is 1. The molecule has 10 rings (SSSR count). The second-order valence-electron chi connectivity index (χ2n) is 14.1. The SMILES string of the molecule is c1ccc(-c2ccc(-c3ccc(N(c4ccc(-c5ccccc5)cc4)c4ccc5c6ccccc6c6ccccc6c5c4)c(-c4ccccc4)c3)cc2)cc1. The molecule has 0 atom stereocenters. The van der Waals surface area contributed by atoms with Crippen LogP contribution in [-0.4, -0.2) is 0 Å². The van der Waals surface area contributed by atoms with Gasteiger partial charge in [-0.2, -0.15) is 0 Å². The Morgan fingerprint density at radius 2 is 0.582 bits per heavy atom. The fourth-order valence-corrected chi connectivity index (χ4v) is 8.14. The third-order valence-corrected chi connectivity index (χ3v) is 10.9. The molecule has 0 heterocycles. The Kier molecular flexibility index (Phi) is 8.24. The Labute approximate surface area is 322 Å². The van der Waals surface area contributed by atoms with Gasteiger partial charge in [0.25, 0.3) is 0 Å². The molecule has 0 radical (unpaired) electrons. The van der Waals surface area contributed by atoms with Crippen LogP contribution < -0.4 is 4.90 Å². The average molecular weight is 700 g/mol. The fraction of sp³-hybridized carbons (Fsp3) is 0. The zero-order valence-electron chi connectivity index (χ0n) is 30.3. The Balaban J connectivity index is 1.18. The van der Waals surface area contributed by atoms with E-state index in [1.165, 1.54) is 76.8 Å². The highest BCUT2D eigenvalue weighted by molar-refractivity contribution is 6.25. The maximum absolute atomic E-state index is 2.43. The van der Waals surface area contributed by atoms with Gasteiger partial charge < -0.3 is 4.90 Å². The van der Waals surface area contributed by atoms with Crippen molar-refractivity contribution in [2.45, 2.75) is 0 Å². The van der Waals surface area contributed by atoms with Crippen molar-refractivity contribution in [3.8, 4) is 44.5 Å². The minimum absolute atomic E-state index is 1.10. The van der Waals surface area contributed by atoms with E-state index in [1.807, 2.05) is 0 Å². The molecule has 0 spiro atoms. The summed E-state index contributed by atoms with van der Waals surface area (Å²) in [5, 5.41) is 7.59. The quantitative estimate of drug-likeness (QED) is 0.150. The van der Waals surface area contributed by atoms with Crippen LogP contribution in [0.4, 0.5) is 17.1 Å². The number of benzene rings is 10. The van der Waals surface area contributed by atoms with Crippen molar-refractivity contribution in [2.24, 2.45) is 0 Å². The summed E-state index contributed by atoms with van der Waals surface area (Å²) in [6.07, 6.45) is 0. The van der Waals surface area contributed by atoms with Crippen molar-refractivity contribution >= 4 is 49.4 Å². The molecule has 1 nitrogen and oxygen atoms in total. The molecule has 10 aromatic rings. The van der Waals surface area contributed by atoms with Crippen molar-refractivity contribution in [1.29, 1.82) is 0 Å². The molecule has 0 N–H and O–H groups in total. The van der Waals surface area contributed by atoms with Crippen LogP contribution in [0, 0.1) is 0 Å². The lowest BCUT2D eigenvalue weighted by molar-refractivity contribution is 1.29. The van der Waals surface area contributed by atoms with Crippen molar-refractivity contribution in [1.82, 2.24) is 0 Å². The predicted molar refractivity (Wildman–Crippen MR) is 235 cm³/mol. The summed E-state index contributed by atoms with van der Waals surface area (Å²) in [5.74, 6) is 0. The molecule has 0 amide bonds. The maximum atomic E-state index is 2.43. The van der Waals surface area contributed by atoms with Crippen molar-refractivity contribution < 1.29 is 0 Å². The molecule has 10 aromatic carbocycles. The van der Waals surface area contributed by atoms with Gasteiger partial charge in [-0.05, 0) is 108 Å². The molecule has 1 heteroatoms. The lowest BCUT2D eigenvalue weighted by Crippen LogP contribution is -2.11. The molecule has 0 saturated heterocycles. The Hall–Kier alpha value is -7.22. The van der Waals surface area contributed by atoms with Gasteiger partial charge in [0.15, 0.2) is 0 Å². The number of anilines is 3. The summed E-state index contributed by atoms with van der Waals surface area (Å²) in [6, 6.07) is 81.4. The van der Waals surface area contributed by atoms with Gasteiger partial charge in [-0.1, -0.05) is 188 Å². The smallest absolute Gasteiger partial charge is 0.0540 e. The van der Waals surface area contributed by atoms with E-state index in [0.717, 1.165) is 17.1 Å². The Morgan fingerprint density at radius 3 is 1.11 bits per heavy atom. The number of hydrogen-bond acceptors (Lipinski definition) is 1. The van der Waals surface area contributed by atoms with Crippen LogP contribution in [0.25, 0.3) is 76.8 Å². The highest BCUT2D eigenvalue weighted by atomic mass is 15.1. The van der Waals surface area contributed by atoms with E-state index >= 15 is 0 Å². The number of rotatable bonds is 7. The summed E-state index contributed by atoms with van der Waals surface area (Å²) in [4.78, 5) is 2.43. The number of fused-ring (bicyclic) bond motifs is 6. The summed E-state index contributed by atoms with van der Waals surface area (Å²) in [5.41, 5.74) is 12.9. The van der Waals surface area contributed by atoms with Gasteiger partial charge in [0.1, 0.15) is 0 Å². The summed E-state index contributed by atoms with van der Waals surface area (Å²) in [6.45, 7) is 0. The lowest BCUT2D eigenvalue weighted by atomic mass is 9.93. The second-order valence-corrected chi connectivity index (χ2v) is 14.1. The van der Waals surface area contributed by atoms with E-state index in [-0.39, 0.29) is 0 Å². The molecule has 0 bridgehead atoms. The largest absolute Gasteiger partial charge is 0.310 e. The molecule has 0 aliphatic carbocycles. The van der Waals surface area contributed by atoms with Crippen LogP contribution in [0.1, 0.15) is 0 Å². The van der Waals surface area contributed by atoms with Gasteiger partial charge in [-0.25, -0.2) is 0 Å². The highest BCUT2D eigenvalue weighted by Gasteiger charge is 2.20. The van der Waals surface area contributed by atoms with Gasteiger partial charge in [-0.15, -0.1) is 0 Å². The Morgan fingerprint density at radius 1 is 0.218 bits per heavy atom. The zero-order valence-corrected chi connectivity index (χ0v) is 30.3. The van der Waals surface area contributed by atoms with E-state index in [1.54, 1.807) is 0 Å². The van der Waals surface area contributed by atoms with Crippen LogP contribution in [0.3, 0.4) is 0 Å². The molecule has 0 aliphatic heterocycles. The standard InChI is InChI=1S/C54H37N/c1-4-14-38(15-5-1)40-24-26-42(27-25-40)44-30-35-54(52(36-44)43-18-8-3-9-19-43)55(45-31-28-41(29-32-45)39-16-6-2-7-17-39)46-33-34-51-49-22-11-10-20-47(49)48-21-12-13-23-50(48)53(51)37-46/h1-37H. The first-order valence-corrected chi connectivity index (χ1v) is 18.9. The molecule has 55 heavy (non-hydrogen) atoms. The van der Waals surface area contributed by atoms with Gasteiger partial charge in [0.05, 0.1) is 5.69 Å². The van der Waals surface area contributed by atoms with Crippen molar-refractivity contribution in [3.63, 3.8) is 0 Å². The lowest BCUT2D eigenvalue weighted by Gasteiger charge is -2.29. The van der Waals surface area contributed by atoms with Gasteiger partial charge in [0.2, 0.25) is 0 Å². The predicted octanol–water partition coefficient (Wildman–Crippen LogP) is 15.3. The molecule has 0 saturated carbocycles. The molecule has 0 aromatic heterocycles. The van der Waals surface area contributed by atoms with Crippen LogP contribution >= 0.6 is 0 Å². The Bertz CT molecular complexity index is 2900. The molecular weight excluding hydrogens is 663 g/mol. The molecule has 0 unspecified atom stereocenters. The van der Waals surface area contributed by atoms with Gasteiger partial charge in [0, 0.05) is 16.9 Å². The number of hydrogen-bond donors (Lipinski definition) is 0. The summed E-state index contributed by atoms with van der Waals surface area (Å²) in [7, 11) is 0. The normalized spacial score (nSPS) is 11.3.